The van der Waals surface area contributed by atoms with Crippen LogP contribution in [0.15, 0.2) is 18.5 Å². The molecule has 2 rings (SSSR count). The maximum absolute atomic E-state index is 11.9. The summed E-state index contributed by atoms with van der Waals surface area (Å²) >= 11 is 0. The number of nitrogens with two attached hydrogens (primary N) is 1. The van der Waals surface area contributed by atoms with Crippen LogP contribution in [0, 0.1) is 5.92 Å². The molecule has 2 aromatic heterocycles. The highest BCUT2D eigenvalue weighted by atomic mass is 16.2. The minimum Gasteiger partial charge on any atom is -0.323 e. The van der Waals surface area contributed by atoms with Crippen molar-refractivity contribution in [2.45, 2.75) is 39.8 Å². The Hall–Kier alpha value is -1.95. The molecule has 0 unspecified atom stereocenters. The van der Waals surface area contributed by atoms with Gasteiger partial charge in [0.25, 0.3) is 0 Å². The summed E-state index contributed by atoms with van der Waals surface area (Å²) in [7, 11) is 0. The van der Waals surface area contributed by atoms with Crippen molar-refractivity contribution in [2.24, 2.45) is 11.7 Å². The average molecular weight is 275 g/mol. The van der Waals surface area contributed by atoms with E-state index in [1.54, 1.807) is 12.4 Å². The van der Waals surface area contributed by atoms with Crippen molar-refractivity contribution in [3.63, 3.8) is 0 Å². The van der Waals surface area contributed by atoms with Gasteiger partial charge in [0.1, 0.15) is 0 Å². The molecule has 0 aromatic carbocycles. The fourth-order valence-electron chi connectivity index (χ4n) is 1.91. The predicted octanol–water partition coefficient (Wildman–Crippen LogP) is 1.93. The van der Waals surface area contributed by atoms with Crippen LogP contribution >= 0.6 is 0 Å². The SMILES string of the molecule is CC(C)[C@H](N)C(=O)Nc1cnc2c(cnn2C(C)C)c1. The smallest absolute Gasteiger partial charge is 0.241 e. The Bertz CT molecular complexity index is 617. The molecular formula is C14H21N5O. The number of rotatable bonds is 4. The molecule has 0 saturated heterocycles. The van der Waals surface area contributed by atoms with E-state index in [-0.39, 0.29) is 17.9 Å². The Labute approximate surface area is 118 Å². The van der Waals surface area contributed by atoms with Gasteiger partial charge in [0.05, 0.1) is 24.1 Å². The van der Waals surface area contributed by atoms with Gasteiger partial charge in [0.15, 0.2) is 5.65 Å². The molecule has 20 heavy (non-hydrogen) atoms. The number of aromatic nitrogens is 3. The number of amides is 1. The lowest BCUT2D eigenvalue weighted by Gasteiger charge is -2.15. The van der Waals surface area contributed by atoms with E-state index in [2.05, 4.69) is 15.4 Å². The van der Waals surface area contributed by atoms with Crippen LogP contribution in [0.5, 0.6) is 0 Å². The second kappa shape index (κ2) is 5.58. The van der Waals surface area contributed by atoms with Crippen molar-refractivity contribution in [2.75, 3.05) is 5.32 Å². The first kappa shape index (κ1) is 14.5. The normalized spacial score (nSPS) is 13.2. The number of pyridine rings is 1. The molecule has 6 heteroatoms. The number of carbonyl (C=O) groups excluding carboxylic acids is 1. The highest BCUT2D eigenvalue weighted by Crippen LogP contribution is 2.19. The highest BCUT2D eigenvalue weighted by molar-refractivity contribution is 5.96. The molecule has 6 nitrogen and oxygen atoms in total. The molecule has 0 aliphatic heterocycles. The van der Waals surface area contributed by atoms with Gasteiger partial charge in [-0.3, -0.25) is 4.79 Å². The topological polar surface area (TPSA) is 85.8 Å². The Kier molecular flexibility index (Phi) is 4.04. The molecule has 0 aliphatic rings. The third-order valence-corrected chi connectivity index (χ3v) is 3.21. The van der Waals surface area contributed by atoms with Gasteiger partial charge in [-0.1, -0.05) is 13.8 Å². The van der Waals surface area contributed by atoms with Gasteiger partial charge in [0, 0.05) is 11.4 Å². The Morgan fingerprint density at radius 1 is 1.30 bits per heavy atom. The van der Waals surface area contributed by atoms with E-state index in [0.29, 0.717) is 5.69 Å². The zero-order valence-electron chi connectivity index (χ0n) is 12.3. The molecule has 108 valence electrons. The van der Waals surface area contributed by atoms with Crippen LogP contribution < -0.4 is 11.1 Å². The maximum atomic E-state index is 11.9. The van der Waals surface area contributed by atoms with Gasteiger partial charge >= 0.3 is 0 Å². The van der Waals surface area contributed by atoms with E-state index >= 15 is 0 Å². The maximum Gasteiger partial charge on any atom is 0.241 e. The largest absolute Gasteiger partial charge is 0.323 e. The minimum absolute atomic E-state index is 0.0929. The first-order valence-electron chi connectivity index (χ1n) is 6.80. The van der Waals surface area contributed by atoms with Crippen LogP contribution in [-0.2, 0) is 4.79 Å². The number of carbonyl (C=O) groups is 1. The molecule has 1 amide bonds. The van der Waals surface area contributed by atoms with Crippen molar-refractivity contribution in [3.8, 4) is 0 Å². The lowest BCUT2D eigenvalue weighted by atomic mass is 10.1. The number of nitrogens with one attached hydrogen (secondary N) is 1. The number of hydrogen-bond acceptors (Lipinski definition) is 4. The van der Waals surface area contributed by atoms with Crippen molar-refractivity contribution < 1.29 is 4.79 Å². The molecule has 0 aliphatic carbocycles. The molecule has 0 fully saturated rings. The van der Waals surface area contributed by atoms with Gasteiger partial charge in [-0.05, 0) is 25.8 Å². The summed E-state index contributed by atoms with van der Waals surface area (Å²) in [4.78, 5) is 16.3. The highest BCUT2D eigenvalue weighted by Gasteiger charge is 2.17. The molecule has 0 radical (unpaired) electrons. The van der Waals surface area contributed by atoms with E-state index in [4.69, 9.17) is 5.73 Å². The van der Waals surface area contributed by atoms with Gasteiger partial charge in [0.2, 0.25) is 5.91 Å². The summed E-state index contributed by atoms with van der Waals surface area (Å²) < 4.78 is 1.85. The third kappa shape index (κ3) is 2.80. The van der Waals surface area contributed by atoms with E-state index in [0.717, 1.165) is 11.0 Å². The third-order valence-electron chi connectivity index (χ3n) is 3.21. The Morgan fingerprint density at radius 3 is 2.60 bits per heavy atom. The van der Waals surface area contributed by atoms with Crippen molar-refractivity contribution in [1.82, 2.24) is 14.8 Å². The summed E-state index contributed by atoms with van der Waals surface area (Å²) in [5.41, 5.74) is 7.27. The summed E-state index contributed by atoms with van der Waals surface area (Å²) in [5, 5.41) is 7.98. The van der Waals surface area contributed by atoms with Gasteiger partial charge in [-0.2, -0.15) is 5.10 Å². The Balaban J connectivity index is 2.23. The average Bonchev–Trinajstić information content (AvgIpc) is 2.80. The minimum atomic E-state index is -0.524. The summed E-state index contributed by atoms with van der Waals surface area (Å²) in [6.45, 7) is 7.92. The van der Waals surface area contributed by atoms with E-state index in [1.165, 1.54) is 0 Å². The standard InChI is InChI=1S/C14H21N5O/c1-8(2)12(15)14(20)18-11-5-10-6-17-19(9(3)4)13(10)16-7-11/h5-9,12H,15H2,1-4H3,(H,18,20)/t12-/m0/s1. The lowest BCUT2D eigenvalue weighted by molar-refractivity contribution is -0.118. The molecule has 0 bridgehead atoms. The van der Waals surface area contributed by atoms with Crippen LogP contribution in [0.2, 0.25) is 0 Å². The quantitative estimate of drug-likeness (QED) is 0.892. The van der Waals surface area contributed by atoms with Crippen LogP contribution in [-0.4, -0.2) is 26.7 Å². The van der Waals surface area contributed by atoms with Gasteiger partial charge < -0.3 is 11.1 Å². The molecule has 0 saturated carbocycles. The fraction of sp³-hybridized carbons (Fsp3) is 0.500. The molecule has 3 N–H and O–H groups in total. The molecule has 1 atom stereocenters. The summed E-state index contributed by atoms with van der Waals surface area (Å²) in [6.07, 6.45) is 3.38. The van der Waals surface area contributed by atoms with E-state index < -0.39 is 6.04 Å². The summed E-state index contributed by atoms with van der Waals surface area (Å²) in [6, 6.07) is 1.58. The number of fused-ring (bicyclic) bond motifs is 1. The number of nitrogens with zero attached hydrogens (tertiary/aromatic N) is 3. The van der Waals surface area contributed by atoms with Crippen LogP contribution in [0.4, 0.5) is 5.69 Å². The van der Waals surface area contributed by atoms with E-state index in [1.807, 2.05) is 38.4 Å². The van der Waals surface area contributed by atoms with Crippen LogP contribution in [0.3, 0.4) is 0 Å². The zero-order chi connectivity index (χ0) is 14.9. The number of anilines is 1. The first-order chi connectivity index (χ1) is 9.40. The van der Waals surface area contributed by atoms with E-state index in [9.17, 15) is 4.79 Å². The van der Waals surface area contributed by atoms with Gasteiger partial charge in [-0.15, -0.1) is 0 Å². The van der Waals surface area contributed by atoms with Crippen LogP contribution in [0.1, 0.15) is 33.7 Å². The predicted molar refractivity (Wildman–Crippen MR) is 79.4 cm³/mol. The second-order valence-corrected chi connectivity index (χ2v) is 5.58. The van der Waals surface area contributed by atoms with Crippen molar-refractivity contribution >= 4 is 22.6 Å². The zero-order valence-corrected chi connectivity index (χ0v) is 12.3. The van der Waals surface area contributed by atoms with Crippen molar-refractivity contribution in [1.29, 1.82) is 0 Å². The molecular weight excluding hydrogens is 254 g/mol. The molecule has 2 heterocycles. The second-order valence-electron chi connectivity index (χ2n) is 5.58. The summed E-state index contributed by atoms with van der Waals surface area (Å²) in [5.74, 6) is -0.104. The fourth-order valence-corrected chi connectivity index (χ4v) is 1.91. The first-order valence-corrected chi connectivity index (χ1v) is 6.80. The van der Waals surface area contributed by atoms with Crippen molar-refractivity contribution in [3.05, 3.63) is 18.5 Å². The molecule has 0 spiro atoms. The van der Waals surface area contributed by atoms with Gasteiger partial charge in [-0.25, -0.2) is 9.67 Å². The molecule has 2 aromatic rings. The van der Waals surface area contributed by atoms with Crippen LogP contribution in [0.25, 0.3) is 11.0 Å². The number of hydrogen-bond donors (Lipinski definition) is 2. The Morgan fingerprint density at radius 2 is 2.00 bits per heavy atom. The monoisotopic (exact) mass is 275 g/mol. The lowest BCUT2D eigenvalue weighted by Crippen LogP contribution is -2.39.